The van der Waals surface area contributed by atoms with Gasteiger partial charge in [-0.2, -0.15) is 0 Å². The summed E-state index contributed by atoms with van der Waals surface area (Å²) in [6.07, 6.45) is 6.82. The van der Waals surface area contributed by atoms with Crippen LogP contribution in [0.4, 0.5) is 5.82 Å². The Morgan fingerprint density at radius 1 is 1.32 bits per heavy atom. The summed E-state index contributed by atoms with van der Waals surface area (Å²) < 4.78 is 0. The van der Waals surface area contributed by atoms with Crippen LogP contribution in [0, 0.1) is 11.8 Å². The van der Waals surface area contributed by atoms with Gasteiger partial charge in [-0.25, -0.2) is 4.98 Å². The second-order valence-electron chi connectivity index (χ2n) is 5.97. The van der Waals surface area contributed by atoms with Crippen LogP contribution in [-0.2, 0) is 0 Å². The van der Waals surface area contributed by atoms with Crippen molar-refractivity contribution in [2.24, 2.45) is 11.8 Å². The third kappa shape index (κ3) is 2.88. The molecule has 2 fully saturated rings. The van der Waals surface area contributed by atoms with E-state index in [1.54, 1.807) is 12.3 Å². The lowest BCUT2D eigenvalue weighted by Crippen LogP contribution is -2.38. The van der Waals surface area contributed by atoms with E-state index in [1.165, 1.54) is 25.7 Å². The zero-order valence-corrected chi connectivity index (χ0v) is 11.6. The molecule has 0 spiro atoms. The molecule has 0 aliphatic heterocycles. The van der Waals surface area contributed by atoms with Gasteiger partial charge in [-0.05, 0) is 49.7 Å². The van der Waals surface area contributed by atoms with E-state index in [0.717, 1.165) is 17.7 Å². The normalized spacial score (nSPS) is 18.5. The maximum absolute atomic E-state index is 12.3. The highest BCUT2D eigenvalue weighted by Gasteiger charge is 2.42. The zero-order chi connectivity index (χ0) is 13.4. The molecule has 1 N–H and O–H groups in total. The lowest BCUT2D eigenvalue weighted by atomic mass is 10.1. The number of nitrogens with zero attached hydrogens (tertiary/aromatic N) is 2. The molecule has 0 saturated heterocycles. The van der Waals surface area contributed by atoms with Gasteiger partial charge >= 0.3 is 0 Å². The Balaban J connectivity index is 1.70. The summed E-state index contributed by atoms with van der Waals surface area (Å²) in [4.78, 5) is 18.5. The van der Waals surface area contributed by atoms with Crippen LogP contribution >= 0.6 is 0 Å². The third-order valence-corrected chi connectivity index (χ3v) is 4.02. The number of amides is 1. The quantitative estimate of drug-likeness (QED) is 0.880. The minimum atomic E-state index is 0.0503. The predicted octanol–water partition coefficient (Wildman–Crippen LogP) is 2.07. The highest BCUT2D eigenvalue weighted by Crippen LogP contribution is 2.44. The topological polar surface area (TPSA) is 45.2 Å². The predicted molar refractivity (Wildman–Crippen MR) is 75.3 cm³/mol. The number of aromatic nitrogens is 1. The number of anilines is 1. The first-order valence-electron chi connectivity index (χ1n) is 7.09. The molecule has 3 rings (SSSR count). The van der Waals surface area contributed by atoms with Gasteiger partial charge in [-0.1, -0.05) is 0 Å². The Kier molecular flexibility index (Phi) is 3.17. The Labute approximate surface area is 114 Å². The average Bonchev–Trinajstić information content (AvgIpc) is 3.29. The SMILES string of the molecule is CN(C)c1cc(C(=O)NC(C2CC2)C2CC2)ccn1. The summed E-state index contributed by atoms with van der Waals surface area (Å²) in [6.45, 7) is 0. The van der Waals surface area contributed by atoms with Crippen LogP contribution in [0.15, 0.2) is 18.3 Å². The lowest BCUT2D eigenvalue weighted by Gasteiger charge is -2.18. The first-order valence-corrected chi connectivity index (χ1v) is 7.09. The molecule has 0 aromatic carbocycles. The van der Waals surface area contributed by atoms with Crippen molar-refractivity contribution in [2.45, 2.75) is 31.7 Å². The van der Waals surface area contributed by atoms with Gasteiger partial charge in [-0.3, -0.25) is 4.79 Å². The molecule has 0 bridgehead atoms. The van der Waals surface area contributed by atoms with Crippen molar-refractivity contribution >= 4 is 11.7 Å². The van der Waals surface area contributed by atoms with E-state index in [0.29, 0.717) is 11.6 Å². The number of hydrogen-bond donors (Lipinski definition) is 1. The smallest absolute Gasteiger partial charge is 0.251 e. The third-order valence-electron chi connectivity index (χ3n) is 4.02. The van der Waals surface area contributed by atoms with Crippen LogP contribution in [0.3, 0.4) is 0 Å². The standard InChI is InChI=1S/C15H21N3O/c1-18(2)13-9-12(7-8-16-13)15(19)17-14(10-3-4-10)11-5-6-11/h7-11,14H,3-6H2,1-2H3,(H,17,19). The average molecular weight is 259 g/mol. The molecule has 0 atom stereocenters. The summed E-state index contributed by atoms with van der Waals surface area (Å²) in [5.41, 5.74) is 0.713. The first kappa shape index (κ1) is 12.5. The molecule has 1 aromatic heterocycles. The fourth-order valence-corrected chi connectivity index (χ4v) is 2.57. The monoisotopic (exact) mass is 259 g/mol. The van der Waals surface area contributed by atoms with Gasteiger partial charge in [0.2, 0.25) is 0 Å². The van der Waals surface area contributed by atoms with E-state index in [-0.39, 0.29) is 5.91 Å². The van der Waals surface area contributed by atoms with E-state index in [2.05, 4.69) is 10.3 Å². The second kappa shape index (κ2) is 4.83. The second-order valence-corrected chi connectivity index (χ2v) is 5.97. The molecule has 2 aliphatic rings. The van der Waals surface area contributed by atoms with Gasteiger partial charge < -0.3 is 10.2 Å². The van der Waals surface area contributed by atoms with Crippen molar-refractivity contribution < 1.29 is 4.79 Å². The summed E-state index contributed by atoms with van der Waals surface area (Å²) >= 11 is 0. The van der Waals surface area contributed by atoms with E-state index >= 15 is 0 Å². The summed E-state index contributed by atoms with van der Waals surface area (Å²) in [5.74, 6) is 2.33. The fraction of sp³-hybridized carbons (Fsp3) is 0.600. The van der Waals surface area contributed by atoms with Gasteiger partial charge in [0.05, 0.1) is 0 Å². The van der Waals surface area contributed by atoms with Crippen molar-refractivity contribution in [3.8, 4) is 0 Å². The van der Waals surface area contributed by atoms with Crippen molar-refractivity contribution in [1.82, 2.24) is 10.3 Å². The highest BCUT2D eigenvalue weighted by molar-refractivity contribution is 5.95. The Hall–Kier alpha value is -1.58. The summed E-state index contributed by atoms with van der Waals surface area (Å²) in [7, 11) is 3.86. The molecule has 4 heteroatoms. The van der Waals surface area contributed by atoms with Crippen molar-refractivity contribution in [3.05, 3.63) is 23.9 Å². The maximum Gasteiger partial charge on any atom is 0.251 e. The molecule has 2 saturated carbocycles. The van der Waals surface area contributed by atoms with Crippen molar-refractivity contribution in [3.63, 3.8) is 0 Å². The van der Waals surface area contributed by atoms with E-state index in [4.69, 9.17) is 0 Å². The molecule has 1 amide bonds. The number of nitrogens with one attached hydrogen (secondary N) is 1. The largest absolute Gasteiger partial charge is 0.363 e. The minimum absolute atomic E-state index is 0.0503. The van der Waals surface area contributed by atoms with Gasteiger partial charge in [0.1, 0.15) is 5.82 Å². The van der Waals surface area contributed by atoms with Crippen LogP contribution in [0.25, 0.3) is 0 Å². The van der Waals surface area contributed by atoms with Gasteiger partial charge in [-0.15, -0.1) is 0 Å². The highest BCUT2D eigenvalue weighted by atomic mass is 16.1. The first-order chi connectivity index (χ1) is 9.15. The van der Waals surface area contributed by atoms with Crippen molar-refractivity contribution in [1.29, 1.82) is 0 Å². The summed E-state index contributed by atoms with van der Waals surface area (Å²) in [6, 6.07) is 4.05. The van der Waals surface area contributed by atoms with Crippen molar-refractivity contribution in [2.75, 3.05) is 19.0 Å². The van der Waals surface area contributed by atoms with Crippen LogP contribution in [0.5, 0.6) is 0 Å². The van der Waals surface area contributed by atoms with Crippen LogP contribution in [-0.4, -0.2) is 31.0 Å². The van der Waals surface area contributed by atoms with Gasteiger partial charge in [0.15, 0.2) is 0 Å². The molecule has 19 heavy (non-hydrogen) atoms. The Morgan fingerprint density at radius 3 is 2.47 bits per heavy atom. The van der Waals surface area contributed by atoms with Gasteiger partial charge in [0.25, 0.3) is 5.91 Å². The van der Waals surface area contributed by atoms with Gasteiger partial charge in [0, 0.05) is 31.9 Å². The minimum Gasteiger partial charge on any atom is -0.363 e. The number of rotatable bonds is 5. The van der Waals surface area contributed by atoms with Crippen LogP contribution in [0.1, 0.15) is 36.0 Å². The van der Waals surface area contributed by atoms with E-state index in [1.807, 2.05) is 25.1 Å². The van der Waals surface area contributed by atoms with Crippen LogP contribution < -0.4 is 10.2 Å². The lowest BCUT2D eigenvalue weighted by molar-refractivity contribution is 0.0926. The zero-order valence-electron chi connectivity index (χ0n) is 11.6. The number of hydrogen-bond acceptors (Lipinski definition) is 3. The maximum atomic E-state index is 12.3. The number of carbonyl (C=O) groups is 1. The molecular weight excluding hydrogens is 238 g/mol. The molecule has 1 aromatic rings. The number of pyridine rings is 1. The Morgan fingerprint density at radius 2 is 1.95 bits per heavy atom. The fourth-order valence-electron chi connectivity index (χ4n) is 2.57. The molecule has 0 radical (unpaired) electrons. The Bertz CT molecular complexity index is 466. The summed E-state index contributed by atoms with van der Waals surface area (Å²) in [5, 5.41) is 3.24. The molecule has 2 aliphatic carbocycles. The molecule has 4 nitrogen and oxygen atoms in total. The molecule has 1 heterocycles. The van der Waals surface area contributed by atoms with E-state index < -0.39 is 0 Å². The van der Waals surface area contributed by atoms with E-state index in [9.17, 15) is 4.79 Å². The van der Waals surface area contributed by atoms with Crippen LogP contribution in [0.2, 0.25) is 0 Å². The molecular formula is C15H21N3O. The molecule has 0 unspecified atom stereocenters. The number of carbonyl (C=O) groups excluding carboxylic acids is 1. The molecule has 102 valence electrons.